The van der Waals surface area contributed by atoms with E-state index < -0.39 is 5.97 Å². The number of urea groups is 1. The van der Waals surface area contributed by atoms with Gasteiger partial charge >= 0.3 is 12.0 Å². The van der Waals surface area contributed by atoms with Gasteiger partial charge in [0, 0.05) is 24.4 Å². The number of carbonyl (C=O) groups is 2. The second-order valence-corrected chi connectivity index (χ2v) is 11.7. The van der Waals surface area contributed by atoms with Crippen LogP contribution in [-0.4, -0.2) is 57.5 Å². The molecule has 2 amide bonds. The molecule has 0 bridgehead atoms. The Morgan fingerprint density at radius 1 is 1.19 bits per heavy atom. The number of nitrogens with zero attached hydrogens (tertiary/aromatic N) is 2. The first kappa shape index (κ1) is 25.3. The third kappa shape index (κ3) is 7.92. The molecule has 180 valence electrons. The van der Waals surface area contributed by atoms with Crippen LogP contribution < -0.4 is 5.32 Å². The van der Waals surface area contributed by atoms with E-state index in [1.54, 1.807) is 6.20 Å². The van der Waals surface area contributed by atoms with E-state index >= 15 is 0 Å². The Morgan fingerprint density at radius 3 is 2.53 bits per heavy atom. The second-order valence-electron chi connectivity index (χ2n) is 9.26. The Kier molecular flexibility index (Phi) is 10.1. The average molecular weight is 484 g/mol. The van der Waals surface area contributed by atoms with Crippen LogP contribution in [0.15, 0.2) is 10.4 Å². The minimum atomic E-state index is -0.803. The topological polar surface area (TPSA) is 91.8 Å². The number of nitrogens with one attached hydrogen (secondary N) is 1. The minimum absolute atomic E-state index is 0.0418. The van der Waals surface area contributed by atoms with E-state index in [0.717, 1.165) is 49.3 Å². The van der Waals surface area contributed by atoms with Crippen molar-refractivity contribution in [3.63, 3.8) is 0 Å². The van der Waals surface area contributed by atoms with Gasteiger partial charge < -0.3 is 14.7 Å². The smallest absolute Gasteiger partial charge is 0.324 e. The highest BCUT2D eigenvalue weighted by molar-refractivity contribution is 8.01. The van der Waals surface area contributed by atoms with Crippen LogP contribution in [0.3, 0.4) is 0 Å². The summed E-state index contributed by atoms with van der Waals surface area (Å²) in [4.78, 5) is 30.6. The largest absolute Gasteiger partial charge is 0.481 e. The molecule has 1 heterocycles. The Hall–Kier alpha value is -1.32. The predicted octanol–water partition coefficient (Wildman–Crippen LogP) is 5.86. The van der Waals surface area contributed by atoms with Gasteiger partial charge in [0.15, 0.2) is 5.13 Å². The van der Waals surface area contributed by atoms with Crippen LogP contribution in [0.5, 0.6) is 0 Å². The van der Waals surface area contributed by atoms with E-state index in [2.05, 4.69) is 29.0 Å². The first-order valence-corrected chi connectivity index (χ1v) is 13.7. The van der Waals surface area contributed by atoms with Crippen molar-refractivity contribution < 1.29 is 19.4 Å². The second kappa shape index (κ2) is 12.8. The Balaban J connectivity index is 1.58. The van der Waals surface area contributed by atoms with Crippen molar-refractivity contribution in [3.05, 3.63) is 6.20 Å². The summed E-state index contributed by atoms with van der Waals surface area (Å²) in [6, 6.07) is 0.507. The van der Waals surface area contributed by atoms with E-state index in [0.29, 0.717) is 28.9 Å². The highest BCUT2D eigenvalue weighted by Crippen LogP contribution is 2.33. The molecule has 1 aromatic heterocycles. The normalized spacial score (nSPS) is 22.1. The number of carboxylic acids is 1. The quantitative estimate of drug-likeness (QED) is 0.405. The van der Waals surface area contributed by atoms with Gasteiger partial charge in [-0.15, -0.1) is 11.8 Å². The monoisotopic (exact) mass is 483 g/mol. The van der Waals surface area contributed by atoms with E-state index in [4.69, 9.17) is 9.84 Å². The molecule has 0 radical (unpaired) electrons. The summed E-state index contributed by atoms with van der Waals surface area (Å²) in [6.45, 7) is 5.16. The lowest BCUT2D eigenvalue weighted by molar-refractivity contribution is -0.136. The fourth-order valence-corrected chi connectivity index (χ4v) is 6.45. The van der Waals surface area contributed by atoms with Gasteiger partial charge in [-0.2, -0.15) is 0 Å². The standard InChI is InChI=1S/C23H37N3O4S2/c1-16(2)15-30-19-10-8-18(9-11-19)26(17-6-4-3-5-7-17)23(29)25-22-24-14-21(32-22)31-13-12-20(27)28/h14,16-19H,3-13,15H2,1-2H3,(H,27,28)(H,24,25,29). The predicted molar refractivity (Wildman–Crippen MR) is 130 cm³/mol. The van der Waals surface area contributed by atoms with Crippen LogP contribution in [0.25, 0.3) is 0 Å². The first-order valence-electron chi connectivity index (χ1n) is 11.9. The van der Waals surface area contributed by atoms with E-state index in [1.807, 2.05) is 0 Å². The molecule has 0 spiro atoms. The van der Waals surface area contributed by atoms with Crippen LogP contribution in [0.1, 0.15) is 78.1 Å². The molecule has 0 saturated heterocycles. The number of amides is 2. The first-order chi connectivity index (χ1) is 15.4. The molecule has 2 aliphatic rings. The molecule has 0 aliphatic heterocycles. The maximum atomic E-state index is 13.4. The number of carbonyl (C=O) groups excluding carboxylic acids is 1. The lowest BCUT2D eigenvalue weighted by Crippen LogP contribution is -2.51. The van der Waals surface area contributed by atoms with E-state index in [9.17, 15) is 9.59 Å². The van der Waals surface area contributed by atoms with E-state index in [1.165, 1.54) is 42.4 Å². The molecule has 2 N–H and O–H groups in total. The van der Waals surface area contributed by atoms with Crippen molar-refractivity contribution in [1.82, 2.24) is 9.88 Å². The van der Waals surface area contributed by atoms with Crippen LogP contribution in [0, 0.1) is 5.92 Å². The molecule has 0 unspecified atom stereocenters. The maximum absolute atomic E-state index is 13.4. The lowest BCUT2D eigenvalue weighted by Gasteiger charge is -2.42. The molecule has 2 aliphatic carbocycles. The molecule has 0 atom stereocenters. The summed E-state index contributed by atoms with van der Waals surface area (Å²) >= 11 is 2.88. The number of aliphatic carboxylic acids is 1. The van der Waals surface area contributed by atoms with Crippen molar-refractivity contribution in [1.29, 1.82) is 0 Å². The molecule has 0 aromatic carbocycles. The van der Waals surface area contributed by atoms with Crippen molar-refractivity contribution in [3.8, 4) is 0 Å². The molecule has 2 fully saturated rings. The number of rotatable bonds is 10. The molecule has 1 aromatic rings. The van der Waals surface area contributed by atoms with E-state index in [-0.39, 0.29) is 18.5 Å². The highest BCUT2D eigenvalue weighted by atomic mass is 32.2. The average Bonchev–Trinajstić information content (AvgIpc) is 3.21. The zero-order chi connectivity index (χ0) is 22.9. The minimum Gasteiger partial charge on any atom is -0.481 e. The summed E-state index contributed by atoms with van der Waals surface area (Å²) in [5, 5.41) is 12.4. The molecule has 2 saturated carbocycles. The van der Waals surface area contributed by atoms with Gasteiger partial charge in [0.2, 0.25) is 0 Å². The number of hydrogen-bond acceptors (Lipinski definition) is 6. The molecule has 3 rings (SSSR count). The van der Waals surface area contributed by atoms with Crippen molar-refractivity contribution in [2.45, 2.75) is 100 Å². The van der Waals surface area contributed by atoms with Gasteiger partial charge in [0.05, 0.1) is 22.9 Å². The summed E-state index contributed by atoms with van der Waals surface area (Å²) < 4.78 is 6.98. The van der Waals surface area contributed by atoms with Gasteiger partial charge in [0.1, 0.15) is 0 Å². The Morgan fingerprint density at radius 2 is 1.88 bits per heavy atom. The van der Waals surface area contributed by atoms with Gasteiger partial charge in [-0.3, -0.25) is 10.1 Å². The summed E-state index contributed by atoms with van der Waals surface area (Å²) in [5.41, 5.74) is 0. The van der Waals surface area contributed by atoms with Crippen LogP contribution in [0.4, 0.5) is 9.93 Å². The summed E-state index contributed by atoms with van der Waals surface area (Å²) in [5.74, 6) is 0.243. The third-order valence-corrected chi connectivity index (χ3v) is 8.27. The van der Waals surface area contributed by atoms with Crippen molar-refractivity contribution in [2.24, 2.45) is 5.92 Å². The lowest BCUT2D eigenvalue weighted by atomic mass is 9.87. The van der Waals surface area contributed by atoms with Crippen LogP contribution in [-0.2, 0) is 9.53 Å². The molecule has 7 nitrogen and oxygen atoms in total. The number of thiazole rings is 1. The van der Waals surface area contributed by atoms with Gasteiger partial charge in [-0.25, -0.2) is 9.78 Å². The number of anilines is 1. The Bertz CT molecular complexity index is 729. The van der Waals surface area contributed by atoms with Crippen molar-refractivity contribution in [2.75, 3.05) is 17.7 Å². The molecular weight excluding hydrogens is 446 g/mol. The fraction of sp³-hybridized carbons (Fsp3) is 0.783. The number of carboxylic acid groups (broad SMARTS) is 1. The van der Waals surface area contributed by atoms with Gasteiger partial charge in [-0.1, -0.05) is 44.4 Å². The highest BCUT2D eigenvalue weighted by Gasteiger charge is 2.35. The SMILES string of the molecule is CC(C)COC1CCC(N(C(=O)Nc2ncc(SCCC(=O)O)s2)C2CCCCC2)CC1. The number of thioether (sulfide) groups is 1. The van der Waals surface area contributed by atoms with Gasteiger partial charge in [0.25, 0.3) is 0 Å². The molecular formula is C23H37N3O4S2. The number of hydrogen-bond donors (Lipinski definition) is 2. The zero-order valence-corrected chi connectivity index (χ0v) is 20.9. The molecule has 32 heavy (non-hydrogen) atoms. The van der Waals surface area contributed by atoms with Crippen molar-refractivity contribution >= 4 is 40.2 Å². The zero-order valence-electron chi connectivity index (χ0n) is 19.3. The summed E-state index contributed by atoms with van der Waals surface area (Å²) in [6.07, 6.45) is 11.9. The maximum Gasteiger partial charge on any atom is 0.324 e. The van der Waals surface area contributed by atoms with Crippen LogP contribution >= 0.6 is 23.1 Å². The number of aromatic nitrogens is 1. The fourth-order valence-electron chi connectivity index (χ4n) is 4.59. The summed E-state index contributed by atoms with van der Waals surface area (Å²) in [7, 11) is 0. The number of ether oxygens (including phenoxy) is 1. The Labute approximate surface area is 199 Å². The van der Waals surface area contributed by atoms with Gasteiger partial charge in [-0.05, 0) is 44.4 Å². The van der Waals surface area contributed by atoms with Crippen LogP contribution in [0.2, 0.25) is 0 Å². The molecule has 9 heteroatoms. The third-order valence-electron chi connectivity index (χ3n) is 6.16.